The Balaban J connectivity index is 0.00000400. The summed E-state index contributed by atoms with van der Waals surface area (Å²) in [5, 5.41) is 34.1. The summed E-state index contributed by atoms with van der Waals surface area (Å²) in [5.41, 5.74) is 18.6. The first-order valence-corrected chi connectivity index (χ1v) is 27.9. The van der Waals surface area contributed by atoms with Gasteiger partial charge in [0.1, 0.15) is 39.8 Å². The van der Waals surface area contributed by atoms with E-state index in [1.165, 1.54) is 18.2 Å². The fourth-order valence-electron chi connectivity index (χ4n) is 4.76. The van der Waals surface area contributed by atoms with E-state index in [1.807, 2.05) is 71.6 Å². The first kappa shape index (κ1) is 34.1. The van der Waals surface area contributed by atoms with Crippen LogP contribution in [0.25, 0.3) is 0 Å². The summed E-state index contributed by atoms with van der Waals surface area (Å²) < 4.78 is 32.6. The Labute approximate surface area is 302 Å². The molecule has 0 bridgehead atoms. The summed E-state index contributed by atoms with van der Waals surface area (Å²) in [6.07, 6.45) is 0. The van der Waals surface area contributed by atoms with Gasteiger partial charge in [0, 0.05) is 40.8 Å². The quantitative estimate of drug-likeness (QED) is 0.130. The Morgan fingerprint density at radius 2 is 0.689 bits per heavy atom. The molecule has 15 heteroatoms. The van der Waals surface area contributed by atoms with Crippen LogP contribution in [0.4, 0.5) is 0 Å². The van der Waals surface area contributed by atoms with Crippen molar-refractivity contribution >= 4 is 55.3 Å². The normalized spacial score (nSPS) is 10.8. The van der Waals surface area contributed by atoms with Gasteiger partial charge in [-0.1, -0.05) is 124 Å². The van der Waals surface area contributed by atoms with Crippen molar-refractivity contribution in [3.63, 3.8) is 0 Å². The van der Waals surface area contributed by atoms with E-state index < -0.39 is 55.3 Å². The van der Waals surface area contributed by atoms with Crippen molar-refractivity contribution in [3.8, 4) is 33.3 Å². The monoisotopic (exact) mass is 840 g/mol. The van der Waals surface area contributed by atoms with Crippen LogP contribution in [-0.4, -0.2) is 62.8 Å². The third-order valence-corrected chi connectivity index (χ3v) is 29.4. The SMILES string of the molecule is O=P(Oc1ccc[si](-[si]2ccccc2)c1O)(Oc1ccc[si](-[si]2ccccc2)c1O)Oc1ccc[si](-[si]2ccccc2)c1O.[Nd]. The van der Waals surface area contributed by atoms with Crippen LogP contribution in [-0.2, 0) is 4.57 Å². The van der Waals surface area contributed by atoms with Gasteiger partial charge in [0.05, 0.1) is 23.7 Å². The van der Waals surface area contributed by atoms with Crippen LogP contribution in [0, 0.1) is 40.8 Å². The van der Waals surface area contributed by atoms with E-state index in [0.717, 1.165) is 0 Å². The molecule has 0 saturated carbocycles. The molecule has 0 unspecified atom stereocenters. The average molecular weight is 843 g/mol. The molecule has 0 spiro atoms. The summed E-state index contributed by atoms with van der Waals surface area (Å²) in [7, 11) is -13.0. The van der Waals surface area contributed by atoms with E-state index >= 15 is 0 Å². The number of hydrogen-bond acceptors (Lipinski definition) is 7. The maximum atomic E-state index is 14.6. The summed E-state index contributed by atoms with van der Waals surface area (Å²) in [4.78, 5) is 0. The Kier molecular flexibility index (Phi) is 11.8. The van der Waals surface area contributed by atoms with Crippen molar-refractivity contribution in [3.05, 3.63) is 142 Å². The predicted octanol–water partition coefficient (Wildman–Crippen LogP) is 5.54. The molecule has 0 aromatic carbocycles. The Bertz CT molecular complexity index is 1750. The number of aromatic hydroxyl groups is 3. The van der Waals surface area contributed by atoms with Crippen molar-refractivity contribution in [2.75, 3.05) is 0 Å². The van der Waals surface area contributed by atoms with E-state index in [2.05, 4.69) is 34.1 Å². The van der Waals surface area contributed by atoms with E-state index in [-0.39, 0.29) is 74.2 Å². The minimum Gasteiger partial charge on any atom is -0.510 e. The van der Waals surface area contributed by atoms with Crippen LogP contribution < -0.4 is 13.6 Å². The fraction of sp³-hybridized carbons (Fsp3) is 0. The summed E-state index contributed by atoms with van der Waals surface area (Å²) in [5.74, 6) is -0.0177. The van der Waals surface area contributed by atoms with Gasteiger partial charge in [-0.25, -0.2) is 0 Å². The van der Waals surface area contributed by atoms with Crippen LogP contribution in [0.15, 0.2) is 142 Å². The van der Waals surface area contributed by atoms with Crippen molar-refractivity contribution in [1.29, 1.82) is 0 Å². The third kappa shape index (κ3) is 8.02. The molecule has 222 valence electrons. The van der Waals surface area contributed by atoms with Gasteiger partial charge in [-0.2, -0.15) is 4.57 Å². The predicted molar refractivity (Wildman–Crippen MR) is 181 cm³/mol. The van der Waals surface area contributed by atoms with Gasteiger partial charge in [-0.05, 0) is 18.2 Å². The van der Waals surface area contributed by atoms with Gasteiger partial charge >= 0.3 is 7.82 Å². The number of phosphoric acid groups is 1. The minimum atomic E-state index is -4.63. The molecule has 0 radical (unpaired) electrons. The molecule has 6 aromatic heterocycles. The molecule has 6 heterocycles. The molecule has 6 aromatic rings. The molecule has 0 aliphatic rings. The van der Waals surface area contributed by atoms with Crippen molar-refractivity contribution in [1.82, 2.24) is 0 Å². The van der Waals surface area contributed by atoms with Crippen LogP contribution in [0.3, 0.4) is 0 Å². The largest absolute Gasteiger partial charge is 0.647 e. The van der Waals surface area contributed by atoms with Gasteiger partial charge in [-0.15, -0.1) is 0 Å². The van der Waals surface area contributed by atoms with E-state index in [1.54, 1.807) is 18.2 Å². The zero-order valence-electron chi connectivity index (χ0n) is 23.8. The minimum absolute atomic E-state index is 0. The van der Waals surface area contributed by atoms with Crippen molar-refractivity contribution in [2.45, 2.75) is 0 Å². The Hall–Kier alpha value is -2.22. The molecule has 0 amide bonds. The smallest absolute Gasteiger partial charge is 0.510 e. The summed E-state index contributed by atoms with van der Waals surface area (Å²) in [6.45, 7) is 0. The van der Waals surface area contributed by atoms with Gasteiger partial charge in [-0.3, -0.25) is 0 Å². The Morgan fingerprint density at radius 3 is 0.956 bits per heavy atom. The molecule has 6 rings (SSSR count). The van der Waals surface area contributed by atoms with Gasteiger partial charge < -0.3 is 28.9 Å². The van der Waals surface area contributed by atoms with Crippen LogP contribution in [0.2, 0.25) is 0 Å². The zero-order valence-corrected chi connectivity index (χ0v) is 33.9. The molecule has 3 N–H and O–H groups in total. The van der Waals surface area contributed by atoms with E-state index in [0.29, 0.717) is 0 Å². The number of phosphoric ester groups is 1. The van der Waals surface area contributed by atoms with E-state index in [9.17, 15) is 19.9 Å². The molecular weight excluding hydrogens is 816 g/mol. The number of rotatable bonds is 9. The molecule has 0 aliphatic heterocycles. The topological polar surface area (TPSA) is 105 Å². The summed E-state index contributed by atoms with van der Waals surface area (Å²) in [6, 6.07) is 27.6. The average Bonchev–Trinajstić information content (AvgIpc) is 3.05. The van der Waals surface area contributed by atoms with Crippen LogP contribution in [0.5, 0.6) is 33.3 Å². The second-order valence-electron chi connectivity index (χ2n) is 9.78. The molecule has 0 fully saturated rings. The van der Waals surface area contributed by atoms with Crippen LogP contribution >= 0.6 is 7.82 Å². The van der Waals surface area contributed by atoms with E-state index in [4.69, 9.17) is 13.6 Å². The second kappa shape index (κ2) is 15.6. The fourth-order valence-corrected chi connectivity index (χ4v) is 24.7. The van der Waals surface area contributed by atoms with Crippen molar-refractivity contribution in [2.24, 2.45) is 0 Å². The maximum Gasteiger partial charge on any atom is 0.647 e. The molecule has 45 heavy (non-hydrogen) atoms. The van der Waals surface area contributed by atoms with Gasteiger partial charge in [0.25, 0.3) is 0 Å². The van der Waals surface area contributed by atoms with Crippen LogP contribution in [0.1, 0.15) is 0 Å². The van der Waals surface area contributed by atoms with Gasteiger partial charge in [0.15, 0.2) is 17.2 Å². The third-order valence-electron chi connectivity index (χ3n) is 6.88. The summed E-state index contributed by atoms with van der Waals surface area (Å²) >= 11 is 0. The molecule has 0 atom stereocenters. The molecular formula is C30H27NdO7PSi6. The maximum absolute atomic E-state index is 14.6. The standard InChI is InChI=1S/C30H27O7PSi6.Nd/c31-28-25(13-10-22-42(28)39-16-4-1-5-17-39)35-38(34,36-26-14-11-23-43(29(26)32)40-18-6-2-7-19-40)37-27-15-12-24-44(30(27)33)41-20-8-3-9-21-41;/h1-24,31-33H;. The molecule has 0 aliphatic carbocycles. The zero-order chi connectivity index (χ0) is 30.5. The number of hydrogen-bond donors (Lipinski definition) is 3. The molecule has 7 nitrogen and oxygen atoms in total. The first-order chi connectivity index (χ1) is 21.4. The molecule has 0 saturated heterocycles. The van der Waals surface area contributed by atoms with Gasteiger partial charge in [0.2, 0.25) is 0 Å². The Morgan fingerprint density at radius 1 is 0.422 bits per heavy atom. The second-order valence-corrected chi connectivity index (χ2v) is 30.9. The van der Waals surface area contributed by atoms with Crippen molar-refractivity contribution < 1.29 is 74.3 Å². The first-order valence-electron chi connectivity index (χ1n) is 13.7.